The smallest absolute Gasteiger partial charge is 0.119 e. The molecule has 0 heterocycles. The average Bonchev–Trinajstić information content (AvgIpc) is 2.42. The van der Waals surface area contributed by atoms with E-state index in [2.05, 4.69) is 59.4 Å². The van der Waals surface area contributed by atoms with Gasteiger partial charge in [0.15, 0.2) is 0 Å². The summed E-state index contributed by atoms with van der Waals surface area (Å²) in [5.41, 5.74) is 3.59. The Hall–Kier alpha value is -1.48. The average molecular weight is 320 g/mol. The number of hydrogen-bond acceptors (Lipinski definition) is 2. The minimum absolute atomic E-state index is 0.231. The Bertz CT molecular complexity index is 568. The number of rotatable bonds is 4. The molecule has 0 saturated carbocycles. The van der Waals surface area contributed by atoms with Crippen LogP contribution in [0.25, 0.3) is 0 Å². The van der Waals surface area contributed by atoms with Crippen molar-refractivity contribution in [1.29, 1.82) is 0 Å². The second-order valence-electron chi connectivity index (χ2n) is 4.60. The van der Waals surface area contributed by atoms with Crippen molar-refractivity contribution in [2.24, 2.45) is 0 Å². The van der Waals surface area contributed by atoms with Crippen LogP contribution in [-0.4, -0.2) is 7.11 Å². The Morgan fingerprint density at radius 1 is 1.16 bits per heavy atom. The van der Waals surface area contributed by atoms with Gasteiger partial charge in [-0.2, -0.15) is 0 Å². The first-order valence-electron chi connectivity index (χ1n) is 6.27. The van der Waals surface area contributed by atoms with Crippen LogP contribution in [0.3, 0.4) is 0 Å². The summed E-state index contributed by atoms with van der Waals surface area (Å²) < 4.78 is 6.36. The summed E-state index contributed by atoms with van der Waals surface area (Å²) in [5, 5.41) is 3.53. The molecule has 0 aromatic heterocycles. The SMILES string of the molecule is COc1cccc(C(C)Nc2ccc(Br)cc2C)c1. The number of anilines is 1. The second kappa shape index (κ2) is 6.11. The van der Waals surface area contributed by atoms with Crippen molar-refractivity contribution >= 4 is 21.6 Å². The van der Waals surface area contributed by atoms with Gasteiger partial charge >= 0.3 is 0 Å². The number of hydrogen-bond donors (Lipinski definition) is 1. The third-order valence-corrected chi connectivity index (χ3v) is 3.65. The van der Waals surface area contributed by atoms with Gasteiger partial charge in [0.2, 0.25) is 0 Å². The van der Waals surface area contributed by atoms with Gasteiger partial charge in [0.25, 0.3) is 0 Å². The maximum Gasteiger partial charge on any atom is 0.119 e. The molecule has 2 aromatic rings. The van der Waals surface area contributed by atoms with E-state index >= 15 is 0 Å². The van der Waals surface area contributed by atoms with Gasteiger partial charge in [-0.1, -0.05) is 28.1 Å². The zero-order valence-corrected chi connectivity index (χ0v) is 13.0. The van der Waals surface area contributed by atoms with Crippen LogP contribution >= 0.6 is 15.9 Å². The number of halogens is 1. The van der Waals surface area contributed by atoms with Crippen LogP contribution in [-0.2, 0) is 0 Å². The van der Waals surface area contributed by atoms with Crippen molar-refractivity contribution in [2.75, 3.05) is 12.4 Å². The first-order valence-corrected chi connectivity index (χ1v) is 7.06. The molecule has 0 aliphatic carbocycles. The molecular weight excluding hydrogens is 302 g/mol. The van der Waals surface area contributed by atoms with E-state index in [0.29, 0.717) is 0 Å². The lowest BCUT2D eigenvalue weighted by Crippen LogP contribution is -2.07. The maximum atomic E-state index is 5.26. The molecule has 0 amide bonds. The van der Waals surface area contributed by atoms with Gasteiger partial charge in [-0.25, -0.2) is 0 Å². The lowest BCUT2D eigenvalue weighted by molar-refractivity contribution is 0.414. The third kappa shape index (κ3) is 3.51. The standard InChI is InChI=1S/C16H18BrNO/c1-11-9-14(17)7-8-16(11)18-12(2)13-5-4-6-15(10-13)19-3/h4-10,12,18H,1-3H3. The maximum absolute atomic E-state index is 5.26. The van der Waals surface area contributed by atoms with Gasteiger partial charge in [-0.3, -0.25) is 0 Å². The van der Waals surface area contributed by atoms with Gasteiger partial charge in [-0.15, -0.1) is 0 Å². The van der Waals surface area contributed by atoms with E-state index in [1.54, 1.807) is 7.11 Å². The lowest BCUT2D eigenvalue weighted by atomic mass is 10.1. The fourth-order valence-corrected chi connectivity index (χ4v) is 2.49. The van der Waals surface area contributed by atoms with Crippen LogP contribution in [0, 0.1) is 6.92 Å². The molecule has 100 valence electrons. The summed E-state index contributed by atoms with van der Waals surface area (Å²) in [6.07, 6.45) is 0. The molecule has 0 spiro atoms. The van der Waals surface area contributed by atoms with Gasteiger partial charge in [0.05, 0.1) is 7.11 Å². The lowest BCUT2D eigenvalue weighted by Gasteiger charge is -2.18. The minimum Gasteiger partial charge on any atom is -0.497 e. The van der Waals surface area contributed by atoms with Gasteiger partial charge in [0, 0.05) is 16.2 Å². The predicted octanol–water partition coefficient (Wildman–Crippen LogP) is 4.94. The van der Waals surface area contributed by atoms with E-state index in [1.165, 1.54) is 11.1 Å². The molecule has 1 N–H and O–H groups in total. The quantitative estimate of drug-likeness (QED) is 0.861. The van der Waals surface area contributed by atoms with Crippen LogP contribution in [0.4, 0.5) is 5.69 Å². The highest BCUT2D eigenvalue weighted by Crippen LogP contribution is 2.26. The van der Waals surface area contributed by atoms with Crippen LogP contribution in [0.2, 0.25) is 0 Å². The van der Waals surface area contributed by atoms with Crippen molar-refractivity contribution in [3.05, 3.63) is 58.1 Å². The van der Waals surface area contributed by atoms with E-state index in [9.17, 15) is 0 Å². The van der Waals surface area contributed by atoms with Gasteiger partial charge < -0.3 is 10.1 Å². The molecular formula is C16H18BrNO. The predicted molar refractivity (Wildman–Crippen MR) is 83.9 cm³/mol. The number of methoxy groups -OCH3 is 1. The summed E-state index contributed by atoms with van der Waals surface area (Å²) in [5.74, 6) is 0.888. The number of aryl methyl sites for hydroxylation is 1. The van der Waals surface area contributed by atoms with Crippen LogP contribution in [0.15, 0.2) is 46.9 Å². The van der Waals surface area contributed by atoms with Gasteiger partial charge in [0.1, 0.15) is 5.75 Å². The first-order chi connectivity index (χ1) is 9.10. The van der Waals surface area contributed by atoms with E-state index < -0.39 is 0 Å². The highest BCUT2D eigenvalue weighted by Gasteiger charge is 2.08. The second-order valence-corrected chi connectivity index (χ2v) is 5.52. The Morgan fingerprint density at radius 2 is 1.95 bits per heavy atom. The number of benzene rings is 2. The summed E-state index contributed by atoms with van der Waals surface area (Å²) in [7, 11) is 1.69. The highest BCUT2D eigenvalue weighted by molar-refractivity contribution is 9.10. The molecule has 19 heavy (non-hydrogen) atoms. The van der Waals surface area contributed by atoms with E-state index in [-0.39, 0.29) is 6.04 Å². The molecule has 2 aromatic carbocycles. The minimum atomic E-state index is 0.231. The molecule has 2 nitrogen and oxygen atoms in total. The van der Waals surface area contributed by atoms with Crippen molar-refractivity contribution in [3.8, 4) is 5.75 Å². The van der Waals surface area contributed by atoms with Crippen LogP contribution in [0.1, 0.15) is 24.1 Å². The molecule has 0 bridgehead atoms. The topological polar surface area (TPSA) is 21.3 Å². The van der Waals surface area contributed by atoms with E-state index in [1.807, 2.05) is 18.2 Å². The zero-order chi connectivity index (χ0) is 13.8. The summed E-state index contributed by atoms with van der Waals surface area (Å²) in [6, 6.07) is 14.6. The summed E-state index contributed by atoms with van der Waals surface area (Å²) in [6.45, 7) is 4.25. The van der Waals surface area contributed by atoms with Crippen LogP contribution < -0.4 is 10.1 Å². The van der Waals surface area contributed by atoms with Crippen molar-refractivity contribution in [1.82, 2.24) is 0 Å². The molecule has 3 heteroatoms. The largest absolute Gasteiger partial charge is 0.497 e. The van der Waals surface area contributed by atoms with Crippen molar-refractivity contribution < 1.29 is 4.74 Å². The Balaban J connectivity index is 2.17. The highest BCUT2D eigenvalue weighted by atomic mass is 79.9. The molecule has 0 fully saturated rings. The fraction of sp³-hybridized carbons (Fsp3) is 0.250. The van der Waals surface area contributed by atoms with Crippen molar-refractivity contribution in [3.63, 3.8) is 0 Å². The molecule has 1 unspecified atom stereocenters. The monoisotopic (exact) mass is 319 g/mol. The molecule has 1 atom stereocenters. The normalized spacial score (nSPS) is 12.0. The Kier molecular flexibility index (Phi) is 4.48. The zero-order valence-electron chi connectivity index (χ0n) is 11.4. The molecule has 0 aliphatic heterocycles. The number of ether oxygens (including phenoxy) is 1. The Morgan fingerprint density at radius 3 is 2.63 bits per heavy atom. The van der Waals surface area contributed by atoms with Crippen molar-refractivity contribution in [2.45, 2.75) is 19.9 Å². The summed E-state index contributed by atoms with van der Waals surface area (Å²) >= 11 is 3.48. The van der Waals surface area contributed by atoms with Crippen LogP contribution in [0.5, 0.6) is 5.75 Å². The molecule has 2 rings (SSSR count). The number of nitrogens with one attached hydrogen (secondary N) is 1. The van der Waals surface area contributed by atoms with Gasteiger partial charge in [-0.05, 0) is 55.3 Å². The molecule has 0 saturated heterocycles. The Labute approximate surface area is 122 Å². The fourth-order valence-electron chi connectivity index (χ4n) is 2.02. The molecule has 0 aliphatic rings. The molecule has 0 radical (unpaired) electrons. The summed E-state index contributed by atoms with van der Waals surface area (Å²) in [4.78, 5) is 0. The first kappa shape index (κ1) is 13.9. The van der Waals surface area contributed by atoms with E-state index in [0.717, 1.165) is 15.9 Å². The third-order valence-electron chi connectivity index (χ3n) is 3.15. The van der Waals surface area contributed by atoms with E-state index in [4.69, 9.17) is 4.74 Å².